The van der Waals surface area contributed by atoms with Gasteiger partial charge in [-0.15, -0.1) is 0 Å². The number of nitrogens with one attached hydrogen (secondary N) is 1. The molecule has 0 spiro atoms. The van der Waals surface area contributed by atoms with Gasteiger partial charge in [0.25, 0.3) is 5.91 Å². The predicted octanol–water partition coefficient (Wildman–Crippen LogP) is 2.12. The molecule has 0 bridgehead atoms. The lowest BCUT2D eigenvalue weighted by Crippen LogP contribution is -2.32. The lowest BCUT2D eigenvalue weighted by atomic mass is 10.0. The Balaban J connectivity index is 1.71. The zero-order valence-electron chi connectivity index (χ0n) is 15.3. The van der Waals surface area contributed by atoms with Crippen LogP contribution in [0.3, 0.4) is 0 Å². The second kappa shape index (κ2) is 7.72. The highest BCUT2D eigenvalue weighted by Crippen LogP contribution is 2.29. The third-order valence-electron chi connectivity index (χ3n) is 4.92. The van der Waals surface area contributed by atoms with Gasteiger partial charge in [0, 0.05) is 31.2 Å². The second-order valence-electron chi connectivity index (χ2n) is 6.61. The molecule has 3 rings (SSSR count). The molecular formula is C19H25N3O3S. The van der Waals surface area contributed by atoms with Gasteiger partial charge in [0.05, 0.1) is 16.8 Å². The molecule has 2 aromatic rings. The minimum Gasteiger partial charge on any atom is -0.352 e. The number of carbonyl (C=O) groups is 1. The molecule has 0 atom stereocenters. The highest BCUT2D eigenvalue weighted by atomic mass is 32.2. The van der Waals surface area contributed by atoms with Gasteiger partial charge < -0.3 is 5.32 Å². The van der Waals surface area contributed by atoms with Crippen LogP contribution in [0.25, 0.3) is 10.9 Å². The van der Waals surface area contributed by atoms with Gasteiger partial charge in [-0.2, -0.15) is 0 Å². The van der Waals surface area contributed by atoms with Crippen LogP contribution in [0.4, 0.5) is 0 Å². The van der Waals surface area contributed by atoms with Gasteiger partial charge in [-0.3, -0.25) is 9.78 Å². The van der Waals surface area contributed by atoms with Crippen molar-refractivity contribution in [3.8, 4) is 0 Å². The lowest BCUT2D eigenvalue weighted by Gasteiger charge is -2.16. The van der Waals surface area contributed by atoms with E-state index in [1.165, 1.54) is 4.31 Å². The molecule has 0 aliphatic heterocycles. The summed E-state index contributed by atoms with van der Waals surface area (Å²) in [4.78, 5) is 17.5. The minimum absolute atomic E-state index is 0.0883. The highest BCUT2D eigenvalue weighted by Gasteiger charge is 2.23. The summed E-state index contributed by atoms with van der Waals surface area (Å²) in [5.41, 5.74) is 3.68. The van der Waals surface area contributed by atoms with Gasteiger partial charge in [-0.05, 0) is 44.2 Å². The fourth-order valence-electron chi connectivity index (χ4n) is 3.42. The number of carbonyl (C=O) groups excluding carboxylic acids is 1. The topological polar surface area (TPSA) is 79.4 Å². The summed E-state index contributed by atoms with van der Waals surface area (Å²) in [5, 5.41) is 3.84. The molecule has 1 heterocycles. The van der Waals surface area contributed by atoms with E-state index in [0.717, 1.165) is 47.0 Å². The Kier molecular flexibility index (Phi) is 5.58. The van der Waals surface area contributed by atoms with Crippen LogP contribution in [0.15, 0.2) is 24.3 Å². The number of pyridine rings is 1. The fraction of sp³-hybridized carbons (Fsp3) is 0.474. The number of aryl methyl sites for hydroxylation is 1. The van der Waals surface area contributed by atoms with Crippen molar-refractivity contribution < 1.29 is 13.2 Å². The average molecular weight is 375 g/mol. The van der Waals surface area contributed by atoms with Crippen molar-refractivity contribution in [1.29, 1.82) is 0 Å². The number of aromatic nitrogens is 1. The van der Waals surface area contributed by atoms with Crippen LogP contribution in [0, 0.1) is 0 Å². The number of hydrogen-bond donors (Lipinski definition) is 1. The van der Waals surface area contributed by atoms with Crippen molar-refractivity contribution in [3.05, 3.63) is 41.1 Å². The molecule has 6 nitrogen and oxygen atoms in total. The molecule has 1 amide bonds. The standard InChI is InChI=1S/C19H25N3O3S/c1-3-26(24,25)22(2)13-7-12-20-19(23)18-14-8-4-5-10-16(14)21-17-11-6-9-15(17)18/h4-5,8,10H,3,6-7,9,11-13H2,1-2H3,(H,20,23). The van der Waals surface area contributed by atoms with Crippen LogP contribution >= 0.6 is 0 Å². The molecule has 0 saturated heterocycles. The predicted molar refractivity (Wildman–Crippen MR) is 103 cm³/mol. The van der Waals surface area contributed by atoms with Crippen molar-refractivity contribution in [2.75, 3.05) is 25.9 Å². The van der Waals surface area contributed by atoms with Crippen LogP contribution in [0.2, 0.25) is 0 Å². The van der Waals surface area contributed by atoms with E-state index in [1.807, 2.05) is 24.3 Å². The van der Waals surface area contributed by atoms with E-state index in [-0.39, 0.29) is 11.7 Å². The number of fused-ring (bicyclic) bond motifs is 2. The van der Waals surface area contributed by atoms with E-state index in [0.29, 0.717) is 19.5 Å². The van der Waals surface area contributed by atoms with E-state index in [4.69, 9.17) is 4.98 Å². The third-order valence-corrected chi connectivity index (χ3v) is 6.78. The van der Waals surface area contributed by atoms with Gasteiger partial charge >= 0.3 is 0 Å². The summed E-state index contributed by atoms with van der Waals surface area (Å²) in [7, 11) is -1.60. The SMILES string of the molecule is CCS(=O)(=O)N(C)CCCNC(=O)c1c2c(nc3ccccc13)CCC2. The van der Waals surface area contributed by atoms with Crippen LogP contribution in [-0.2, 0) is 22.9 Å². The molecule has 1 aliphatic carbocycles. The Labute approximate surface area is 154 Å². The quantitative estimate of drug-likeness (QED) is 0.752. The molecule has 26 heavy (non-hydrogen) atoms. The van der Waals surface area contributed by atoms with Crippen molar-refractivity contribution in [3.63, 3.8) is 0 Å². The molecule has 0 saturated carbocycles. The number of nitrogens with zero attached hydrogens (tertiary/aromatic N) is 2. The average Bonchev–Trinajstić information content (AvgIpc) is 3.10. The second-order valence-corrected chi connectivity index (χ2v) is 8.98. The first-order valence-corrected chi connectivity index (χ1v) is 10.7. The van der Waals surface area contributed by atoms with Crippen molar-refractivity contribution >= 4 is 26.8 Å². The van der Waals surface area contributed by atoms with Crippen molar-refractivity contribution in [1.82, 2.24) is 14.6 Å². The zero-order valence-corrected chi connectivity index (χ0v) is 16.1. The van der Waals surface area contributed by atoms with Crippen LogP contribution in [0.5, 0.6) is 0 Å². The number of para-hydroxylation sites is 1. The van der Waals surface area contributed by atoms with Gasteiger partial charge in [-0.1, -0.05) is 18.2 Å². The summed E-state index contributed by atoms with van der Waals surface area (Å²) in [6.07, 6.45) is 3.40. The number of hydrogen-bond acceptors (Lipinski definition) is 4. The van der Waals surface area contributed by atoms with Gasteiger partial charge in [0.2, 0.25) is 10.0 Å². The van der Waals surface area contributed by atoms with Crippen LogP contribution < -0.4 is 5.32 Å². The van der Waals surface area contributed by atoms with E-state index < -0.39 is 10.0 Å². The normalized spacial score (nSPS) is 14.0. The molecule has 1 aliphatic rings. The van der Waals surface area contributed by atoms with Gasteiger partial charge in [-0.25, -0.2) is 12.7 Å². The van der Waals surface area contributed by atoms with Gasteiger partial charge in [0.15, 0.2) is 0 Å². The maximum absolute atomic E-state index is 12.8. The minimum atomic E-state index is -3.18. The number of benzene rings is 1. The fourth-order valence-corrected chi connectivity index (χ4v) is 4.27. The maximum atomic E-state index is 12.8. The maximum Gasteiger partial charge on any atom is 0.252 e. The first-order valence-electron chi connectivity index (χ1n) is 9.06. The first kappa shape index (κ1) is 18.8. The molecule has 1 N–H and O–H groups in total. The molecule has 1 aromatic heterocycles. The number of sulfonamides is 1. The number of rotatable bonds is 7. The largest absolute Gasteiger partial charge is 0.352 e. The zero-order chi connectivity index (χ0) is 18.7. The monoisotopic (exact) mass is 375 g/mol. The Bertz CT molecular complexity index is 925. The summed E-state index contributed by atoms with van der Waals surface area (Å²) < 4.78 is 24.9. The smallest absolute Gasteiger partial charge is 0.252 e. The van der Waals surface area contributed by atoms with Crippen molar-refractivity contribution in [2.45, 2.75) is 32.6 Å². The molecule has 1 aromatic carbocycles. The molecular weight excluding hydrogens is 350 g/mol. The molecule has 0 radical (unpaired) electrons. The lowest BCUT2D eigenvalue weighted by molar-refractivity contribution is 0.0953. The van der Waals surface area contributed by atoms with E-state index >= 15 is 0 Å². The Morgan fingerprint density at radius 2 is 2.04 bits per heavy atom. The van der Waals surface area contributed by atoms with E-state index in [9.17, 15) is 13.2 Å². The summed E-state index contributed by atoms with van der Waals surface area (Å²) >= 11 is 0. The van der Waals surface area contributed by atoms with E-state index in [2.05, 4.69) is 5.32 Å². The summed E-state index contributed by atoms with van der Waals surface area (Å²) in [5.74, 6) is -0.00638. The van der Waals surface area contributed by atoms with E-state index in [1.54, 1.807) is 14.0 Å². The van der Waals surface area contributed by atoms with Crippen molar-refractivity contribution in [2.24, 2.45) is 0 Å². The summed E-state index contributed by atoms with van der Waals surface area (Å²) in [6.45, 7) is 2.46. The third kappa shape index (κ3) is 3.73. The van der Waals surface area contributed by atoms with Gasteiger partial charge in [0.1, 0.15) is 0 Å². The Hall–Kier alpha value is -1.99. The van der Waals surface area contributed by atoms with Crippen LogP contribution in [0.1, 0.15) is 41.4 Å². The Morgan fingerprint density at radius 1 is 1.27 bits per heavy atom. The Morgan fingerprint density at radius 3 is 2.81 bits per heavy atom. The summed E-state index contributed by atoms with van der Waals surface area (Å²) in [6, 6.07) is 7.74. The van der Waals surface area contributed by atoms with Crippen LogP contribution in [-0.4, -0.2) is 49.5 Å². The highest BCUT2D eigenvalue weighted by molar-refractivity contribution is 7.89. The first-order chi connectivity index (χ1) is 12.4. The molecule has 140 valence electrons. The molecule has 0 fully saturated rings. The molecule has 0 unspecified atom stereocenters. The molecule has 7 heteroatoms. The number of amides is 1.